The molecule has 0 aliphatic carbocycles. The van der Waals surface area contributed by atoms with Gasteiger partial charge in [0.2, 0.25) is 5.91 Å². The highest BCUT2D eigenvalue weighted by molar-refractivity contribution is 5.76. The maximum absolute atomic E-state index is 13.0. The van der Waals surface area contributed by atoms with E-state index < -0.39 is 49.5 Å². The average molecular weight is 1190 g/mol. The molecule has 1 rings (SSSR count). The molecule has 494 valence electrons. The van der Waals surface area contributed by atoms with Crippen molar-refractivity contribution < 1.29 is 49.3 Å². The topological polar surface area (TPSA) is 175 Å². The minimum Gasteiger partial charge on any atom is -0.466 e. The molecule has 0 bridgehead atoms. The number of carbonyl (C=O) groups excluding carboxylic acids is 2. The number of carbonyl (C=O) groups is 2. The molecule has 1 saturated heterocycles. The lowest BCUT2D eigenvalue weighted by molar-refractivity contribution is -0.302. The van der Waals surface area contributed by atoms with Gasteiger partial charge in [-0.25, -0.2) is 0 Å². The van der Waals surface area contributed by atoms with Crippen molar-refractivity contribution in [2.45, 2.75) is 397 Å². The molecule has 1 aliphatic heterocycles. The Kier molecular flexibility index (Phi) is 59.4. The summed E-state index contributed by atoms with van der Waals surface area (Å²) in [5.74, 6) is -0.176. The van der Waals surface area contributed by atoms with Gasteiger partial charge in [-0.05, 0) is 70.6 Å². The SMILES string of the molecule is CCCCCC/C=C/CC/C=C/C(O)C(COC1OC(CO)C(O)C(O)C1O)NC(=O)CCCCCCCCCCCCCCCCCCC/C=C\CCCCCCCCCCCCCCCCOC(=O)CCCCCCCCCCCCC. The lowest BCUT2D eigenvalue weighted by Crippen LogP contribution is -2.60. The monoisotopic (exact) mass is 1190 g/mol. The van der Waals surface area contributed by atoms with Gasteiger partial charge in [-0.15, -0.1) is 0 Å². The van der Waals surface area contributed by atoms with Gasteiger partial charge in [0.25, 0.3) is 0 Å². The van der Waals surface area contributed by atoms with E-state index in [2.05, 4.69) is 43.5 Å². The zero-order valence-corrected chi connectivity index (χ0v) is 54.9. The van der Waals surface area contributed by atoms with E-state index >= 15 is 0 Å². The summed E-state index contributed by atoms with van der Waals surface area (Å²) < 4.78 is 16.7. The predicted molar refractivity (Wildman–Crippen MR) is 352 cm³/mol. The molecule has 0 aromatic rings. The van der Waals surface area contributed by atoms with Crippen molar-refractivity contribution in [2.24, 2.45) is 0 Å². The van der Waals surface area contributed by atoms with Crippen LogP contribution in [0.15, 0.2) is 36.5 Å². The molecule has 6 N–H and O–H groups in total. The third kappa shape index (κ3) is 50.8. The van der Waals surface area contributed by atoms with Gasteiger partial charge in [0.05, 0.1) is 32.0 Å². The first-order valence-electron chi connectivity index (χ1n) is 36.3. The Bertz CT molecular complexity index is 1490. The largest absolute Gasteiger partial charge is 0.466 e. The number of allylic oxidation sites excluding steroid dienone is 5. The quantitative estimate of drug-likeness (QED) is 0.0195. The van der Waals surface area contributed by atoms with Crippen LogP contribution in [0.3, 0.4) is 0 Å². The molecule has 11 heteroatoms. The summed E-state index contributed by atoms with van der Waals surface area (Å²) in [6.45, 7) is 4.32. The van der Waals surface area contributed by atoms with Gasteiger partial charge in [0, 0.05) is 12.8 Å². The molecule has 11 nitrogen and oxygen atoms in total. The molecule has 1 amide bonds. The highest BCUT2D eigenvalue weighted by Gasteiger charge is 2.44. The highest BCUT2D eigenvalue weighted by atomic mass is 16.7. The molecule has 0 aromatic heterocycles. The smallest absolute Gasteiger partial charge is 0.305 e. The summed E-state index contributed by atoms with van der Waals surface area (Å²) in [7, 11) is 0. The van der Waals surface area contributed by atoms with E-state index in [1.54, 1.807) is 6.08 Å². The van der Waals surface area contributed by atoms with Crippen LogP contribution in [-0.2, 0) is 23.8 Å². The van der Waals surface area contributed by atoms with Gasteiger partial charge in [0.1, 0.15) is 24.4 Å². The van der Waals surface area contributed by atoms with Gasteiger partial charge < -0.3 is 45.1 Å². The van der Waals surface area contributed by atoms with Crippen LogP contribution in [0.2, 0.25) is 0 Å². The van der Waals surface area contributed by atoms with Crippen LogP contribution in [0.1, 0.15) is 354 Å². The Hall–Kier alpha value is -2.12. The fraction of sp³-hybridized carbons (Fsp3) is 0.890. The molecule has 0 radical (unpaired) electrons. The Morgan fingerprint density at radius 3 is 1.19 bits per heavy atom. The van der Waals surface area contributed by atoms with Crippen molar-refractivity contribution in [1.82, 2.24) is 5.32 Å². The van der Waals surface area contributed by atoms with E-state index in [0.29, 0.717) is 19.4 Å². The van der Waals surface area contributed by atoms with E-state index in [9.17, 15) is 35.1 Å². The number of aliphatic hydroxyl groups is 5. The first kappa shape index (κ1) is 79.9. The van der Waals surface area contributed by atoms with E-state index in [4.69, 9.17) is 14.2 Å². The molecule has 7 atom stereocenters. The van der Waals surface area contributed by atoms with Gasteiger partial charge >= 0.3 is 5.97 Å². The second-order valence-corrected chi connectivity index (χ2v) is 25.3. The molecule has 0 aromatic carbocycles. The summed E-state index contributed by atoms with van der Waals surface area (Å²) in [5.41, 5.74) is 0. The van der Waals surface area contributed by atoms with Crippen LogP contribution in [0.5, 0.6) is 0 Å². The molecule has 1 fully saturated rings. The van der Waals surface area contributed by atoms with Gasteiger partial charge in [-0.2, -0.15) is 0 Å². The lowest BCUT2D eigenvalue weighted by Gasteiger charge is -2.40. The number of aliphatic hydroxyl groups excluding tert-OH is 5. The van der Waals surface area contributed by atoms with E-state index in [-0.39, 0.29) is 18.5 Å². The minimum atomic E-state index is -1.57. The van der Waals surface area contributed by atoms with Crippen molar-refractivity contribution in [3.05, 3.63) is 36.5 Å². The molecule has 1 heterocycles. The third-order valence-electron chi connectivity index (χ3n) is 17.2. The number of ether oxygens (including phenoxy) is 3. The molecule has 84 heavy (non-hydrogen) atoms. The fourth-order valence-electron chi connectivity index (χ4n) is 11.5. The van der Waals surface area contributed by atoms with Gasteiger partial charge in [0.15, 0.2) is 6.29 Å². The van der Waals surface area contributed by atoms with Gasteiger partial charge in [-0.3, -0.25) is 9.59 Å². The fourth-order valence-corrected chi connectivity index (χ4v) is 11.5. The molecular weight excluding hydrogens is 1050 g/mol. The average Bonchev–Trinajstić information content (AvgIpc) is 3.69. The maximum atomic E-state index is 13.0. The van der Waals surface area contributed by atoms with Crippen LogP contribution in [0, 0.1) is 0 Å². The summed E-state index contributed by atoms with van der Waals surface area (Å²) in [5, 5.41) is 54.3. The van der Waals surface area contributed by atoms with E-state index in [1.165, 1.54) is 276 Å². The number of nitrogens with one attached hydrogen (secondary N) is 1. The summed E-state index contributed by atoms with van der Waals surface area (Å²) in [6, 6.07) is -0.824. The number of unbranched alkanes of at least 4 members (excludes halogenated alkanes) is 46. The number of esters is 1. The molecule has 1 aliphatic rings. The minimum absolute atomic E-state index is 0.0133. The number of rotatable bonds is 64. The zero-order chi connectivity index (χ0) is 60.9. The van der Waals surface area contributed by atoms with Crippen molar-refractivity contribution in [3.8, 4) is 0 Å². The standard InChI is InChI=1S/C73H137NO10/c1-3-5-7-9-11-13-40-45-49-53-57-61-69(78)82-62-58-54-50-46-42-39-37-35-33-31-29-27-25-23-21-19-17-15-16-18-20-22-24-26-28-30-32-34-36-38-41-44-48-52-56-60-68(77)74-65(64-83-73-72(81)71(80)70(79)67(63-75)84-73)66(76)59-55-51-47-43-14-12-10-8-6-4-2/h14,17,19,43,55,59,65-67,70-73,75-76,79-81H,3-13,15-16,18,20-42,44-54,56-58,60-64H2,1-2H3,(H,74,77)/b19-17-,43-14+,59-55+. The van der Waals surface area contributed by atoms with Crippen LogP contribution < -0.4 is 5.32 Å². The van der Waals surface area contributed by atoms with Crippen LogP contribution in [0.25, 0.3) is 0 Å². The Labute approximate surface area is 517 Å². The molecule has 0 saturated carbocycles. The molecule has 0 spiro atoms. The van der Waals surface area contributed by atoms with Crippen LogP contribution in [-0.4, -0.2) is 100 Å². The Morgan fingerprint density at radius 2 is 0.774 bits per heavy atom. The second kappa shape index (κ2) is 62.5. The summed E-state index contributed by atoms with van der Waals surface area (Å²) >= 11 is 0. The van der Waals surface area contributed by atoms with Crippen molar-refractivity contribution in [2.75, 3.05) is 19.8 Å². The third-order valence-corrected chi connectivity index (χ3v) is 17.2. The molecular formula is C73H137NO10. The summed E-state index contributed by atoms with van der Waals surface area (Å²) in [6.07, 6.45) is 70.3. The first-order chi connectivity index (χ1) is 41.2. The van der Waals surface area contributed by atoms with Crippen molar-refractivity contribution in [1.29, 1.82) is 0 Å². The number of hydrogen-bond donors (Lipinski definition) is 6. The lowest BCUT2D eigenvalue weighted by atomic mass is 9.99. The number of hydrogen-bond acceptors (Lipinski definition) is 10. The van der Waals surface area contributed by atoms with E-state index in [1.807, 2.05) is 6.08 Å². The van der Waals surface area contributed by atoms with E-state index in [0.717, 1.165) is 51.4 Å². The van der Waals surface area contributed by atoms with Gasteiger partial charge in [-0.1, -0.05) is 307 Å². The summed E-state index contributed by atoms with van der Waals surface area (Å²) in [4.78, 5) is 25.0. The predicted octanol–water partition coefficient (Wildman–Crippen LogP) is 18.6. The molecule has 7 unspecified atom stereocenters. The highest BCUT2D eigenvalue weighted by Crippen LogP contribution is 2.23. The van der Waals surface area contributed by atoms with Crippen molar-refractivity contribution in [3.63, 3.8) is 0 Å². The normalized spacial score (nSPS) is 18.2. The Balaban J connectivity index is 1.91. The van der Waals surface area contributed by atoms with Crippen LogP contribution >= 0.6 is 0 Å². The van der Waals surface area contributed by atoms with Crippen molar-refractivity contribution >= 4 is 11.9 Å². The maximum Gasteiger partial charge on any atom is 0.305 e. The Morgan fingerprint density at radius 1 is 0.429 bits per heavy atom. The second-order valence-electron chi connectivity index (χ2n) is 25.3. The van der Waals surface area contributed by atoms with Crippen LogP contribution in [0.4, 0.5) is 0 Å². The number of amides is 1. The zero-order valence-electron chi connectivity index (χ0n) is 54.9. The first-order valence-corrected chi connectivity index (χ1v) is 36.3.